The minimum atomic E-state index is -1.29. The maximum Gasteiger partial charge on any atom is 0.622 e. The number of nitrogens with zero attached hydrogens (tertiary/aromatic N) is 1. The van der Waals surface area contributed by atoms with E-state index in [1.54, 1.807) is 18.0 Å². The van der Waals surface area contributed by atoms with E-state index in [1.165, 1.54) is 12.1 Å². The number of rotatable bonds is 7. The summed E-state index contributed by atoms with van der Waals surface area (Å²) in [6.45, 7) is 4.14. The number of carbonyl (C=O) groups is 4. The number of halogens is 2. The molecule has 0 aliphatic carbocycles. The van der Waals surface area contributed by atoms with Crippen molar-refractivity contribution in [3.63, 3.8) is 0 Å². The highest BCUT2D eigenvalue weighted by Crippen LogP contribution is 2.21. The zero-order valence-electron chi connectivity index (χ0n) is 19.1. The molecule has 3 rings (SSSR count). The van der Waals surface area contributed by atoms with Crippen LogP contribution in [0.4, 0.5) is 0 Å². The topological polar surface area (TPSA) is 126 Å². The Morgan fingerprint density at radius 3 is 2.38 bits per heavy atom. The van der Waals surface area contributed by atoms with E-state index in [4.69, 9.17) is 32.5 Å². The lowest BCUT2D eigenvalue weighted by atomic mass is 9.73. The van der Waals surface area contributed by atoms with Crippen LogP contribution in [0.5, 0.6) is 0 Å². The van der Waals surface area contributed by atoms with Gasteiger partial charge in [0.1, 0.15) is 12.1 Å². The molecule has 184 valence electrons. The molecule has 1 aromatic carbocycles. The molecule has 2 aliphatic rings. The Bertz CT molecular complexity index is 939. The second kappa shape index (κ2) is 11.4. The summed E-state index contributed by atoms with van der Waals surface area (Å²) in [5.74, 6) is -2.95. The van der Waals surface area contributed by atoms with Gasteiger partial charge in [-0.05, 0) is 37.6 Å². The number of nitrogens with one attached hydrogen (secondary N) is 3. The Morgan fingerprint density at radius 2 is 1.79 bits per heavy atom. The van der Waals surface area contributed by atoms with E-state index < -0.39 is 48.9 Å². The van der Waals surface area contributed by atoms with Crippen LogP contribution in [-0.4, -0.2) is 80.5 Å². The monoisotopic (exact) mass is 512 g/mol. The van der Waals surface area contributed by atoms with Crippen LogP contribution in [0.15, 0.2) is 18.2 Å². The van der Waals surface area contributed by atoms with Crippen LogP contribution in [0.25, 0.3) is 0 Å². The highest BCUT2D eigenvalue weighted by molar-refractivity contribution is 6.51. The Balaban J connectivity index is 1.68. The zero-order valence-corrected chi connectivity index (χ0v) is 20.6. The first-order valence-corrected chi connectivity index (χ1v) is 11.7. The predicted molar refractivity (Wildman–Crippen MR) is 126 cm³/mol. The van der Waals surface area contributed by atoms with Gasteiger partial charge in [-0.3, -0.25) is 24.1 Å². The molecule has 0 spiro atoms. The maximum absolute atomic E-state index is 12.7. The molecule has 1 aromatic rings. The molecule has 10 nitrogen and oxygen atoms in total. The third kappa shape index (κ3) is 6.41. The lowest BCUT2D eigenvalue weighted by Gasteiger charge is -2.40. The molecular formula is C21H27BCl2N4O6. The molecular weight excluding hydrogens is 486 g/mol. The first-order chi connectivity index (χ1) is 16.1. The zero-order chi connectivity index (χ0) is 25.0. The first kappa shape index (κ1) is 26.3. The summed E-state index contributed by atoms with van der Waals surface area (Å²) in [5.41, 5.74) is 0.132. The van der Waals surface area contributed by atoms with Gasteiger partial charge < -0.3 is 25.3 Å². The number of carbonyl (C=O) groups excluding carboxylic acids is 4. The molecule has 2 heterocycles. The highest BCUT2D eigenvalue weighted by Gasteiger charge is 2.48. The first-order valence-electron chi connectivity index (χ1n) is 10.9. The summed E-state index contributed by atoms with van der Waals surface area (Å²) in [5, 5.41) is 8.76. The summed E-state index contributed by atoms with van der Waals surface area (Å²) in [7, 11) is 0.377. The molecule has 0 saturated carbocycles. The van der Waals surface area contributed by atoms with Gasteiger partial charge in [0.05, 0.1) is 23.1 Å². The van der Waals surface area contributed by atoms with Crippen LogP contribution in [0.3, 0.4) is 0 Å². The molecule has 2 bridgehead atoms. The molecule has 0 unspecified atom stereocenters. The number of amides is 2. The van der Waals surface area contributed by atoms with E-state index in [1.807, 2.05) is 13.8 Å². The van der Waals surface area contributed by atoms with Gasteiger partial charge >= 0.3 is 19.1 Å². The van der Waals surface area contributed by atoms with Crippen molar-refractivity contribution in [2.45, 2.75) is 38.3 Å². The SMILES string of the molecule is CC(C)C[C@H](NC(=O)CNC(=O)c1cc(Cl)ccc1Cl)B1OC(=O)[C@H]2CNC[C@@H](C(=O)O1)N2C. The van der Waals surface area contributed by atoms with Crippen LogP contribution in [0, 0.1) is 5.92 Å². The smallest absolute Gasteiger partial charge is 0.497 e. The average Bonchev–Trinajstić information content (AvgIpc) is 2.77. The predicted octanol–water partition coefficient (Wildman–Crippen LogP) is 0.654. The molecule has 3 atom stereocenters. The van der Waals surface area contributed by atoms with E-state index in [2.05, 4.69) is 16.0 Å². The fraction of sp³-hybridized carbons (Fsp3) is 0.524. The van der Waals surface area contributed by atoms with Gasteiger partial charge in [-0.1, -0.05) is 37.0 Å². The summed E-state index contributed by atoms with van der Waals surface area (Å²) in [6, 6.07) is 3.13. The van der Waals surface area contributed by atoms with Gasteiger partial charge in [0.2, 0.25) is 5.91 Å². The summed E-state index contributed by atoms with van der Waals surface area (Å²) in [6.07, 6.45) is 0.370. The van der Waals surface area contributed by atoms with Crippen molar-refractivity contribution in [2.75, 3.05) is 26.7 Å². The van der Waals surface area contributed by atoms with Crippen LogP contribution in [-0.2, 0) is 23.7 Å². The van der Waals surface area contributed by atoms with Crippen LogP contribution in [0.2, 0.25) is 10.0 Å². The number of likely N-dealkylation sites (N-methyl/N-ethyl adjacent to an activating group) is 1. The summed E-state index contributed by atoms with van der Waals surface area (Å²) >= 11 is 11.9. The van der Waals surface area contributed by atoms with E-state index >= 15 is 0 Å². The van der Waals surface area contributed by atoms with Crippen LogP contribution >= 0.6 is 23.2 Å². The molecule has 3 N–H and O–H groups in total. The fourth-order valence-electron chi connectivity index (χ4n) is 3.87. The number of hydrogen-bond acceptors (Lipinski definition) is 8. The molecule has 2 aliphatic heterocycles. The molecule has 2 saturated heterocycles. The van der Waals surface area contributed by atoms with E-state index in [-0.39, 0.29) is 23.0 Å². The Kier molecular flexibility index (Phi) is 8.80. The van der Waals surface area contributed by atoms with Gasteiger partial charge in [0, 0.05) is 18.1 Å². The minimum absolute atomic E-state index is 0.0804. The highest BCUT2D eigenvalue weighted by atomic mass is 35.5. The second-order valence-electron chi connectivity index (χ2n) is 8.71. The van der Waals surface area contributed by atoms with Crippen molar-refractivity contribution in [1.82, 2.24) is 20.9 Å². The molecule has 2 fully saturated rings. The molecule has 2 amide bonds. The van der Waals surface area contributed by atoms with Crippen molar-refractivity contribution in [3.05, 3.63) is 33.8 Å². The van der Waals surface area contributed by atoms with Crippen molar-refractivity contribution in [3.8, 4) is 0 Å². The van der Waals surface area contributed by atoms with E-state index in [9.17, 15) is 19.2 Å². The Labute approximate surface area is 208 Å². The number of hydrogen-bond donors (Lipinski definition) is 3. The van der Waals surface area contributed by atoms with Crippen LogP contribution in [0.1, 0.15) is 30.6 Å². The normalized spacial score (nSPS) is 21.8. The van der Waals surface area contributed by atoms with E-state index in [0.29, 0.717) is 24.5 Å². The van der Waals surface area contributed by atoms with Gasteiger partial charge in [-0.2, -0.15) is 0 Å². The van der Waals surface area contributed by atoms with Gasteiger partial charge in [-0.15, -0.1) is 0 Å². The lowest BCUT2D eigenvalue weighted by molar-refractivity contribution is -0.156. The van der Waals surface area contributed by atoms with Gasteiger partial charge in [0.15, 0.2) is 0 Å². The lowest BCUT2D eigenvalue weighted by Crippen LogP contribution is -2.66. The maximum atomic E-state index is 12.7. The van der Waals surface area contributed by atoms with Crippen molar-refractivity contribution in [2.24, 2.45) is 5.92 Å². The van der Waals surface area contributed by atoms with Crippen molar-refractivity contribution < 1.29 is 28.5 Å². The number of fused-ring (bicyclic) bond motifs is 2. The standard InChI is InChI=1S/C21H27BCl2N4O6/c1-11(2)6-17(22-33-20(31)15-8-25-9-16(28(15)3)21(32)34-22)27-18(29)10-26-19(30)13-7-12(23)4-5-14(13)24/h4-5,7,11,15-17,25H,6,8-10H2,1-3H3,(H,26,30)(H,27,29)/t15-,16+,17-/m0/s1. The minimum Gasteiger partial charge on any atom is -0.497 e. The quantitative estimate of drug-likeness (QED) is 0.455. The van der Waals surface area contributed by atoms with Crippen molar-refractivity contribution in [1.29, 1.82) is 0 Å². The van der Waals surface area contributed by atoms with Crippen molar-refractivity contribution >= 4 is 54.1 Å². The van der Waals surface area contributed by atoms with E-state index in [0.717, 1.165) is 0 Å². The molecule has 13 heteroatoms. The molecule has 0 aromatic heterocycles. The Morgan fingerprint density at radius 1 is 1.18 bits per heavy atom. The van der Waals surface area contributed by atoms with Crippen LogP contribution < -0.4 is 16.0 Å². The second-order valence-corrected chi connectivity index (χ2v) is 9.55. The fourth-order valence-corrected chi connectivity index (χ4v) is 4.24. The summed E-state index contributed by atoms with van der Waals surface area (Å²) < 4.78 is 11.0. The number of benzene rings is 1. The average molecular weight is 513 g/mol. The molecule has 34 heavy (non-hydrogen) atoms. The molecule has 0 radical (unpaired) electrons. The third-order valence-electron chi connectivity index (χ3n) is 5.65. The Hall–Kier alpha value is -2.34. The number of piperazine rings is 1. The van der Waals surface area contributed by atoms with Gasteiger partial charge in [-0.25, -0.2) is 0 Å². The summed E-state index contributed by atoms with van der Waals surface area (Å²) in [4.78, 5) is 52.1. The largest absolute Gasteiger partial charge is 0.622 e. The van der Waals surface area contributed by atoms with Gasteiger partial charge in [0.25, 0.3) is 5.91 Å². The third-order valence-corrected chi connectivity index (χ3v) is 6.21.